The standard InChI is InChI=1S/C19H15NO4/c1-22-18-13-15(5-4-14-8-10-20-11-9-14)6-7-16(18)24-19(21)17-3-2-12-23-17/h2-13H,1H3/b5-4+. The molecular formula is C19H15NO4. The van der Waals surface area contributed by atoms with Crippen LogP contribution < -0.4 is 9.47 Å². The van der Waals surface area contributed by atoms with E-state index in [9.17, 15) is 4.79 Å². The van der Waals surface area contributed by atoms with Crippen molar-refractivity contribution in [1.82, 2.24) is 4.98 Å². The number of hydrogen-bond donors (Lipinski definition) is 0. The summed E-state index contributed by atoms with van der Waals surface area (Å²) in [4.78, 5) is 15.9. The van der Waals surface area contributed by atoms with Crippen molar-refractivity contribution in [3.63, 3.8) is 0 Å². The van der Waals surface area contributed by atoms with Crippen LogP contribution >= 0.6 is 0 Å². The van der Waals surface area contributed by atoms with Gasteiger partial charge in [-0.1, -0.05) is 18.2 Å². The second-order valence-electron chi connectivity index (χ2n) is 4.89. The van der Waals surface area contributed by atoms with Gasteiger partial charge in [-0.3, -0.25) is 4.98 Å². The first kappa shape index (κ1) is 15.6. The monoisotopic (exact) mass is 321 g/mol. The number of furan rings is 1. The van der Waals surface area contributed by atoms with Gasteiger partial charge < -0.3 is 13.9 Å². The molecular weight excluding hydrogens is 306 g/mol. The highest BCUT2D eigenvalue weighted by Crippen LogP contribution is 2.29. The van der Waals surface area contributed by atoms with Crippen LogP contribution in [0.15, 0.2) is 65.5 Å². The number of benzene rings is 1. The Kier molecular flexibility index (Phi) is 4.72. The first-order valence-electron chi connectivity index (χ1n) is 7.28. The Bertz CT molecular complexity index is 839. The average Bonchev–Trinajstić information content (AvgIpc) is 3.16. The van der Waals surface area contributed by atoms with E-state index in [4.69, 9.17) is 13.9 Å². The molecule has 5 heteroatoms. The highest BCUT2D eigenvalue weighted by atomic mass is 16.6. The molecule has 5 nitrogen and oxygen atoms in total. The summed E-state index contributed by atoms with van der Waals surface area (Å²) in [5.74, 6) is 0.365. The third-order valence-corrected chi connectivity index (χ3v) is 3.29. The molecule has 0 radical (unpaired) electrons. The van der Waals surface area contributed by atoms with Gasteiger partial charge in [-0.2, -0.15) is 0 Å². The number of rotatable bonds is 5. The van der Waals surface area contributed by atoms with Crippen molar-refractivity contribution in [2.45, 2.75) is 0 Å². The maximum Gasteiger partial charge on any atom is 0.379 e. The van der Waals surface area contributed by atoms with E-state index in [-0.39, 0.29) is 5.76 Å². The lowest BCUT2D eigenvalue weighted by molar-refractivity contribution is 0.0696. The van der Waals surface area contributed by atoms with Gasteiger partial charge in [0, 0.05) is 12.4 Å². The molecule has 0 fully saturated rings. The first-order valence-corrected chi connectivity index (χ1v) is 7.28. The summed E-state index contributed by atoms with van der Waals surface area (Å²) in [5, 5.41) is 0. The smallest absolute Gasteiger partial charge is 0.379 e. The fourth-order valence-corrected chi connectivity index (χ4v) is 2.08. The Balaban J connectivity index is 1.78. The molecule has 0 aliphatic heterocycles. The minimum Gasteiger partial charge on any atom is -0.493 e. The zero-order valence-corrected chi connectivity index (χ0v) is 13.0. The lowest BCUT2D eigenvalue weighted by atomic mass is 10.1. The molecule has 0 aliphatic carbocycles. The van der Waals surface area contributed by atoms with Gasteiger partial charge in [-0.25, -0.2) is 4.79 Å². The molecule has 24 heavy (non-hydrogen) atoms. The predicted molar refractivity (Wildman–Crippen MR) is 89.8 cm³/mol. The topological polar surface area (TPSA) is 61.6 Å². The van der Waals surface area contributed by atoms with Crippen LogP contribution in [-0.4, -0.2) is 18.1 Å². The summed E-state index contributed by atoms with van der Waals surface area (Å²) in [7, 11) is 1.52. The molecule has 2 aromatic heterocycles. The van der Waals surface area contributed by atoms with Crippen molar-refractivity contribution in [3.05, 3.63) is 78.0 Å². The van der Waals surface area contributed by atoms with Gasteiger partial charge in [0.1, 0.15) is 0 Å². The van der Waals surface area contributed by atoms with Crippen LogP contribution in [0.25, 0.3) is 12.2 Å². The minimum atomic E-state index is -0.571. The normalized spacial score (nSPS) is 10.7. The molecule has 3 rings (SSSR count). The van der Waals surface area contributed by atoms with Crippen LogP contribution in [0.4, 0.5) is 0 Å². The molecule has 1 aromatic carbocycles. The van der Waals surface area contributed by atoms with E-state index >= 15 is 0 Å². The van der Waals surface area contributed by atoms with E-state index in [1.807, 2.05) is 30.4 Å². The second kappa shape index (κ2) is 7.28. The van der Waals surface area contributed by atoms with Crippen molar-refractivity contribution in [1.29, 1.82) is 0 Å². The molecule has 3 aromatic rings. The van der Waals surface area contributed by atoms with Crippen molar-refractivity contribution in [3.8, 4) is 11.5 Å². The van der Waals surface area contributed by atoms with Crippen molar-refractivity contribution >= 4 is 18.1 Å². The van der Waals surface area contributed by atoms with Gasteiger partial charge >= 0.3 is 5.97 Å². The average molecular weight is 321 g/mol. The van der Waals surface area contributed by atoms with Crippen molar-refractivity contribution in [2.24, 2.45) is 0 Å². The number of carbonyl (C=O) groups excluding carboxylic acids is 1. The number of pyridine rings is 1. The Labute approximate surface area is 139 Å². The Hall–Kier alpha value is -3.34. The van der Waals surface area contributed by atoms with Gasteiger partial charge in [0.2, 0.25) is 5.76 Å². The lowest BCUT2D eigenvalue weighted by Gasteiger charge is -2.09. The van der Waals surface area contributed by atoms with E-state index in [2.05, 4.69) is 4.98 Å². The molecule has 0 aliphatic rings. The number of hydrogen-bond acceptors (Lipinski definition) is 5. The summed E-state index contributed by atoms with van der Waals surface area (Å²) in [6, 6.07) is 12.3. The summed E-state index contributed by atoms with van der Waals surface area (Å²) >= 11 is 0. The van der Waals surface area contributed by atoms with Crippen LogP contribution in [0.5, 0.6) is 11.5 Å². The zero-order valence-electron chi connectivity index (χ0n) is 13.0. The molecule has 2 heterocycles. The van der Waals surface area contributed by atoms with Crippen molar-refractivity contribution < 1.29 is 18.7 Å². The summed E-state index contributed by atoms with van der Waals surface area (Å²) in [6.07, 6.45) is 8.79. The number of nitrogens with zero attached hydrogens (tertiary/aromatic N) is 1. The van der Waals surface area contributed by atoms with Crippen LogP contribution in [0.3, 0.4) is 0 Å². The molecule has 0 N–H and O–H groups in total. The Morgan fingerprint density at radius 1 is 1.04 bits per heavy atom. The largest absolute Gasteiger partial charge is 0.493 e. The predicted octanol–water partition coefficient (Wildman–Crippen LogP) is 4.07. The Morgan fingerprint density at radius 2 is 1.83 bits per heavy atom. The second-order valence-corrected chi connectivity index (χ2v) is 4.89. The molecule has 0 unspecified atom stereocenters. The first-order chi connectivity index (χ1) is 11.8. The number of aromatic nitrogens is 1. The zero-order chi connectivity index (χ0) is 16.8. The summed E-state index contributed by atoms with van der Waals surface area (Å²) in [6.45, 7) is 0. The third-order valence-electron chi connectivity index (χ3n) is 3.29. The minimum absolute atomic E-state index is 0.138. The van der Waals surface area contributed by atoms with Crippen LogP contribution in [0.1, 0.15) is 21.7 Å². The van der Waals surface area contributed by atoms with Gasteiger partial charge in [-0.15, -0.1) is 0 Å². The number of esters is 1. The molecule has 0 spiro atoms. The van der Waals surface area contributed by atoms with Crippen LogP contribution in [-0.2, 0) is 0 Å². The summed E-state index contributed by atoms with van der Waals surface area (Å²) < 4.78 is 15.6. The van der Waals surface area contributed by atoms with Gasteiger partial charge in [-0.05, 0) is 47.5 Å². The highest BCUT2D eigenvalue weighted by Gasteiger charge is 2.14. The maximum absolute atomic E-state index is 11.9. The van der Waals surface area contributed by atoms with Crippen molar-refractivity contribution in [2.75, 3.05) is 7.11 Å². The molecule has 0 saturated carbocycles. The SMILES string of the molecule is COc1cc(/C=C/c2ccncc2)ccc1OC(=O)c1ccco1. The Morgan fingerprint density at radius 3 is 2.54 bits per heavy atom. The third kappa shape index (κ3) is 3.70. The van der Waals surface area contributed by atoms with E-state index in [1.54, 1.807) is 36.7 Å². The number of ether oxygens (including phenoxy) is 2. The number of carbonyl (C=O) groups is 1. The fourth-order valence-electron chi connectivity index (χ4n) is 2.08. The van der Waals surface area contributed by atoms with Gasteiger partial charge in [0.25, 0.3) is 0 Å². The quantitative estimate of drug-likeness (QED) is 0.523. The van der Waals surface area contributed by atoms with Gasteiger partial charge in [0.05, 0.1) is 13.4 Å². The molecule has 120 valence electrons. The summed E-state index contributed by atoms with van der Waals surface area (Å²) in [5.41, 5.74) is 1.96. The van der Waals surface area contributed by atoms with E-state index in [0.717, 1.165) is 11.1 Å². The van der Waals surface area contributed by atoms with E-state index in [0.29, 0.717) is 11.5 Å². The molecule has 0 saturated heterocycles. The van der Waals surface area contributed by atoms with Gasteiger partial charge in [0.15, 0.2) is 11.5 Å². The number of methoxy groups -OCH3 is 1. The molecule has 0 amide bonds. The fraction of sp³-hybridized carbons (Fsp3) is 0.0526. The maximum atomic E-state index is 11.9. The van der Waals surface area contributed by atoms with E-state index in [1.165, 1.54) is 13.4 Å². The lowest BCUT2D eigenvalue weighted by Crippen LogP contribution is -2.08. The van der Waals surface area contributed by atoms with Crippen LogP contribution in [0.2, 0.25) is 0 Å². The highest BCUT2D eigenvalue weighted by molar-refractivity contribution is 5.88. The van der Waals surface area contributed by atoms with E-state index < -0.39 is 5.97 Å². The van der Waals surface area contributed by atoms with Crippen LogP contribution in [0, 0.1) is 0 Å². The molecule has 0 atom stereocenters. The molecule has 0 bridgehead atoms.